The average Bonchev–Trinajstić information content (AvgIpc) is 3.14. The second-order valence-corrected chi connectivity index (χ2v) is 7.85. The lowest BCUT2D eigenvalue weighted by Crippen LogP contribution is -2.47. The van der Waals surface area contributed by atoms with Crippen LogP contribution in [0.4, 0.5) is 5.13 Å². The van der Waals surface area contributed by atoms with E-state index in [1.807, 2.05) is 38.1 Å². The van der Waals surface area contributed by atoms with Crippen molar-refractivity contribution >= 4 is 28.3 Å². The van der Waals surface area contributed by atoms with Gasteiger partial charge in [-0.2, -0.15) is 0 Å². The lowest BCUT2D eigenvalue weighted by Gasteiger charge is -2.21. The SMILES string of the molecule is CCCCCC(=O)N[C@@H](C(=O)Nc1nnc(-c2ccc(OC)cc2)s1)C(C)C. The summed E-state index contributed by atoms with van der Waals surface area (Å²) < 4.78 is 5.15. The minimum absolute atomic E-state index is 0.0379. The molecule has 0 aliphatic rings. The number of anilines is 1. The molecule has 8 heteroatoms. The Hall–Kier alpha value is -2.48. The van der Waals surface area contributed by atoms with E-state index in [2.05, 4.69) is 27.8 Å². The van der Waals surface area contributed by atoms with E-state index < -0.39 is 6.04 Å². The Kier molecular flexibility index (Phi) is 8.38. The smallest absolute Gasteiger partial charge is 0.249 e. The first kappa shape index (κ1) is 21.8. The van der Waals surface area contributed by atoms with Gasteiger partial charge < -0.3 is 10.1 Å². The third kappa shape index (κ3) is 6.30. The highest BCUT2D eigenvalue weighted by Gasteiger charge is 2.25. The van der Waals surface area contributed by atoms with Gasteiger partial charge in [-0.1, -0.05) is 44.9 Å². The van der Waals surface area contributed by atoms with Crippen molar-refractivity contribution in [2.75, 3.05) is 12.4 Å². The molecule has 28 heavy (non-hydrogen) atoms. The molecule has 0 aliphatic heterocycles. The van der Waals surface area contributed by atoms with Gasteiger partial charge in [-0.15, -0.1) is 10.2 Å². The highest BCUT2D eigenvalue weighted by molar-refractivity contribution is 7.18. The van der Waals surface area contributed by atoms with Crippen molar-refractivity contribution in [3.8, 4) is 16.3 Å². The fourth-order valence-corrected chi connectivity index (χ4v) is 3.38. The average molecular weight is 405 g/mol. The third-order valence-corrected chi connectivity index (χ3v) is 5.15. The number of ether oxygens (including phenoxy) is 1. The van der Waals surface area contributed by atoms with E-state index in [1.165, 1.54) is 11.3 Å². The molecule has 1 aromatic carbocycles. The van der Waals surface area contributed by atoms with Crippen LogP contribution in [0.1, 0.15) is 46.5 Å². The van der Waals surface area contributed by atoms with Gasteiger partial charge in [0.25, 0.3) is 0 Å². The number of hydrogen-bond acceptors (Lipinski definition) is 6. The number of hydrogen-bond donors (Lipinski definition) is 2. The molecular weight excluding hydrogens is 376 g/mol. The molecular formula is C20H28N4O3S. The first-order valence-electron chi connectivity index (χ1n) is 9.52. The number of benzene rings is 1. The van der Waals surface area contributed by atoms with Crippen LogP contribution < -0.4 is 15.4 Å². The number of aromatic nitrogens is 2. The van der Waals surface area contributed by atoms with Crippen molar-refractivity contribution in [2.24, 2.45) is 5.92 Å². The van der Waals surface area contributed by atoms with Gasteiger partial charge >= 0.3 is 0 Å². The molecule has 2 amide bonds. The van der Waals surface area contributed by atoms with Crippen molar-refractivity contribution in [2.45, 2.75) is 52.5 Å². The Morgan fingerprint density at radius 3 is 2.46 bits per heavy atom. The van der Waals surface area contributed by atoms with Crippen molar-refractivity contribution < 1.29 is 14.3 Å². The van der Waals surface area contributed by atoms with Crippen LogP contribution in [0.3, 0.4) is 0 Å². The molecule has 0 fully saturated rings. The molecule has 0 aliphatic carbocycles. The summed E-state index contributed by atoms with van der Waals surface area (Å²) in [6, 6.07) is 6.86. The molecule has 0 unspecified atom stereocenters. The summed E-state index contributed by atoms with van der Waals surface area (Å²) in [5.74, 6) is 0.343. The van der Waals surface area contributed by atoms with E-state index in [1.54, 1.807) is 7.11 Å². The van der Waals surface area contributed by atoms with E-state index >= 15 is 0 Å². The Morgan fingerprint density at radius 1 is 1.14 bits per heavy atom. The number of methoxy groups -OCH3 is 1. The summed E-state index contributed by atoms with van der Waals surface area (Å²) in [6.45, 7) is 5.89. The van der Waals surface area contributed by atoms with Crippen LogP contribution in [0.5, 0.6) is 5.75 Å². The van der Waals surface area contributed by atoms with Gasteiger partial charge in [0.15, 0.2) is 0 Å². The maximum Gasteiger partial charge on any atom is 0.249 e. The normalized spacial score (nSPS) is 11.9. The lowest BCUT2D eigenvalue weighted by molar-refractivity contribution is -0.127. The fourth-order valence-electron chi connectivity index (χ4n) is 2.62. The number of amides is 2. The predicted molar refractivity (Wildman–Crippen MR) is 111 cm³/mol. The van der Waals surface area contributed by atoms with Gasteiger partial charge in [0.05, 0.1) is 7.11 Å². The number of carbonyl (C=O) groups excluding carboxylic acids is 2. The summed E-state index contributed by atoms with van der Waals surface area (Å²) >= 11 is 1.28. The molecule has 2 aromatic rings. The second-order valence-electron chi connectivity index (χ2n) is 6.88. The van der Waals surface area contributed by atoms with Gasteiger partial charge in [-0.25, -0.2) is 0 Å². The van der Waals surface area contributed by atoms with Crippen LogP contribution in [0.2, 0.25) is 0 Å². The van der Waals surface area contributed by atoms with Crippen molar-refractivity contribution in [3.63, 3.8) is 0 Å². The van der Waals surface area contributed by atoms with Gasteiger partial charge in [0, 0.05) is 12.0 Å². The van der Waals surface area contributed by atoms with Crippen LogP contribution in [0, 0.1) is 5.92 Å². The molecule has 7 nitrogen and oxygen atoms in total. The monoisotopic (exact) mass is 404 g/mol. The largest absolute Gasteiger partial charge is 0.497 e. The van der Waals surface area contributed by atoms with Gasteiger partial charge in [0.2, 0.25) is 16.9 Å². The van der Waals surface area contributed by atoms with E-state index in [4.69, 9.17) is 4.74 Å². The number of unbranched alkanes of at least 4 members (excludes halogenated alkanes) is 2. The zero-order valence-electron chi connectivity index (χ0n) is 16.8. The van der Waals surface area contributed by atoms with E-state index in [0.717, 1.165) is 30.6 Å². The third-order valence-electron chi connectivity index (χ3n) is 4.27. The molecule has 0 radical (unpaired) electrons. The highest BCUT2D eigenvalue weighted by atomic mass is 32.1. The zero-order valence-corrected chi connectivity index (χ0v) is 17.6. The first-order valence-corrected chi connectivity index (χ1v) is 10.3. The van der Waals surface area contributed by atoms with Crippen LogP contribution >= 0.6 is 11.3 Å². The van der Waals surface area contributed by atoms with E-state index in [-0.39, 0.29) is 17.7 Å². The van der Waals surface area contributed by atoms with Crippen LogP contribution in [0.15, 0.2) is 24.3 Å². The molecule has 0 spiro atoms. The van der Waals surface area contributed by atoms with Crippen LogP contribution in [-0.2, 0) is 9.59 Å². The molecule has 1 atom stereocenters. The second kappa shape index (κ2) is 10.8. The van der Waals surface area contributed by atoms with E-state index in [0.29, 0.717) is 16.6 Å². The molecule has 1 aromatic heterocycles. The summed E-state index contributed by atoms with van der Waals surface area (Å²) in [4.78, 5) is 24.7. The maximum absolute atomic E-state index is 12.6. The van der Waals surface area contributed by atoms with Crippen molar-refractivity contribution in [1.29, 1.82) is 0 Å². The van der Waals surface area contributed by atoms with Gasteiger partial charge in [0.1, 0.15) is 16.8 Å². The van der Waals surface area contributed by atoms with Gasteiger partial charge in [-0.05, 0) is 36.6 Å². The summed E-state index contributed by atoms with van der Waals surface area (Å²) in [5.41, 5.74) is 0.892. The van der Waals surface area contributed by atoms with Gasteiger partial charge in [-0.3, -0.25) is 14.9 Å². The topological polar surface area (TPSA) is 93.2 Å². The fraction of sp³-hybridized carbons (Fsp3) is 0.500. The summed E-state index contributed by atoms with van der Waals surface area (Å²) in [7, 11) is 1.61. The summed E-state index contributed by atoms with van der Waals surface area (Å²) in [6.07, 6.45) is 3.32. The number of carbonyl (C=O) groups is 2. The summed E-state index contributed by atoms with van der Waals surface area (Å²) in [5, 5.41) is 14.9. The van der Waals surface area contributed by atoms with Crippen molar-refractivity contribution in [1.82, 2.24) is 15.5 Å². The van der Waals surface area contributed by atoms with E-state index in [9.17, 15) is 9.59 Å². The Bertz CT molecular complexity index is 774. The standard InChI is InChI=1S/C20H28N4O3S/c1-5-6-7-8-16(25)21-17(13(2)3)18(26)22-20-24-23-19(28-20)14-9-11-15(27-4)12-10-14/h9-13,17H,5-8H2,1-4H3,(H,21,25)(H,22,24,26)/t17-/m1/s1. The Labute approximate surface area is 169 Å². The molecule has 2 rings (SSSR count). The quantitative estimate of drug-likeness (QED) is 0.586. The zero-order chi connectivity index (χ0) is 20.5. The lowest BCUT2D eigenvalue weighted by atomic mass is 10.0. The first-order chi connectivity index (χ1) is 13.4. The Morgan fingerprint density at radius 2 is 1.86 bits per heavy atom. The predicted octanol–water partition coefficient (Wildman–Crippen LogP) is 3.87. The highest BCUT2D eigenvalue weighted by Crippen LogP contribution is 2.28. The maximum atomic E-state index is 12.6. The Balaban J connectivity index is 1.99. The molecule has 1 heterocycles. The molecule has 152 valence electrons. The number of nitrogens with zero attached hydrogens (tertiary/aromatic N) is 2. The minimum Gasteiger partial charge on any atom is -0.497 e. The number of nitrogens with one attached hydrogen (secondary N) is 2. The van der Waals surface area contributed by atoms with Crippen molar-refractivity contribution in [3.05, 3.63) is 24.3 Å². The molecule has 0 saturated heterocycles. The van der Waals surface area contributed by atoms with Crippen LogP contribution in [-0.4, -0.2) is 35.2 Å². The number of rotatable bonds is 10. The molecule has 0 saturated carbocycles. The molecule has 0 bridgehead atoms. The minimum atomic E-state index is -0.609. The molecule has 2 N–H and O–H groups in total. The van der Waals surface area contributed by atoms with Crippen LogP contribution in [0.25, 0.3) is 10.6 Å².